The second-order valence-electron chi connectivity index (χ2n) is 5.32. The smallest absolute Gasteiger partial charge is 0.337 e. The van der Waals surface area contributed by atoms with Crippen molar-refractivity contribution in [2.75, 3.05) is 21.3 Å². The third kappa shape index (κ3) is 4.71. The minimum atomic E-state index is -0.325. The molecule has 4 nitrogen and oxygen atoms in total. The van der Waals surface area contributed by atoms with Crippen LogP contribution in [0.1, 0.15) is 21.5 Å². The highest BCUT2D eigenvalue weighted by Gasteiger charge is 2.09. The zero-order valence-electron chi connectivity index (χ0n) is 13.5. The van der Waals surface area contributed by atoms with Gasteiger partial charge in [0.1, 0.15) is 5.75 Å². The summed E-state index contributed by atoms with van der Waals surface area (Å²) >= 11 is 6.06. The lowest BCUT2D eigenvalue weighted by molar-refractivity contribution is 0.0600. The Bertz CT molecular complexity index is 670. The number of hydrogen-bond acceptors (Lipinski definition) is 4. The van der Waals surface area contributed by atoms with Gasteiger partial charge in [0, 0.05) is 23.7 Å². The van der Waals surface area contributed by atoms with Crippen LogP contribution in [-0.4, -0.2) is 32.1 Å². The molecule has 0 aliphatic rings. The minimum absolute atomic E-state index is 0.325. The summed E-state index contributed by atoms with van der Waals surface area (Å²) in [6.45, 7) is 1.46. The fraction of sp³-hybridized carbons (Fsp3) is 0.278. The van der Waals surface area contributed by atoms with Crippen LogP contribution in [0.2, 0.25) is 5.02 Å². The number of benzene rings is 2. The van der Waals surface area contributed by atoms with Crippen molar-refractivity contribution in [1.29, 1.82) is 0 Å². The molecule has 0 aliphatic heterocycles. The van der Waals surface area contributed by atoms with E-state index in [1.165, 1.54) is 7.11 Å². The summed E-state index contributed by atoms with van der Waals surface area (Å²) in [4.78, 5) is 13.6. The average molecular weight is 334 g/mol. The topological polar surface area (TPSA) is 38.8 Å². The molecule has 122 valence electrons. The van der Waals surface area contributed by atoms with E-state index in [0.717, 1.165) is 23.4 Å². The van der Waals surface area contributed by atoms with Crippen LogP contribution in [0.25, 0.3) is 0 Å². The average Bonchev–Trinajstić information content (AvgIpc) is 2.55. The second-order valence-corrected chi connectivity index (χ2v) is 5.75. The van der Waals surface area contributed by atoms with Crippen LogP contribution in [0.3, 0.4) is 0 Å². The number of carbonyl (C=O) groups is 1. The maximum atomic E-state index is 11.4. The van der Waals surface area contributed by atoms with Gasteiger partial charge in [-0.2, -0.15) is 0 Å². The van der Waals surface area contributed by atoms with E-state index in [-0.39, 0.29) is 5.97 Å². The second kappa shape index (κ2) is 7.99. The third-order valence-electron chi connectivity index (χ3n) is 3.51. The molecule has 0 saturated carbocycles. The summed E-state index contributed by atoms with van der Waals surface area (Å²) < 4.78 is 10.1. The van der Waals surface area contributed by atoms with Gasteiger partial charge >= 0.3 is 5.97 Å². The predicted molar refractivity (Wildman–Crippen MR) is 91.0 cm³/mol. The molecule has 0 aromatic heterocycles. The van der Waals surface area contributed by atoms with Crippen LogP contribution in [0.5, 0.6) is 5.75 Å². The first-order valence-electron chi connectivity index (χ1n) is 7.21. The Morgan fingerprint density at radius 2 is 1.78 bits per heavy atom. The first-order valence-corrected chi connectivity index (χ1v) is 7.59. The standard InChI is InChI=1S/C18H20ClNO3/c1-20(12-15-10-16(19)8-9-17(15)22-2)11-13-4-6-14(7-5-13)18(21)23-3/h4-10H,11-12H2,1-3H3. The molecule has 0 saturated heterocycles. The predicted octanol–water partition coefficient (Wildman–Crippen LogP) is 3.77. The Morgan fingerprint density at radius 3 is 2.39 bits per heavy atom. The number of carbonyl (C=O) groups excluding carboxylic acids is 1. The number of methoxy groups -OCH3 is 2. The number of hydrogen-bond donors (Lipinski definition) is 0. The van der Waals surface area contributed by atoms with E-state index in [1.54, 1.807) is 19.2 Å². The largest absolute Gasteiger partial charge is 0.496 e. The molecule has 23 heavy (non-hydrogen) atoms. The molecule has 0 heterocycles. The molecule has 0 fully saturated rings. The van der Waals surface area contributed by atoms with Crippen LogP contribution in [0.15, 0.2) is 42.5 Å². The maximum absolute atomic E-state index is 11.4. The number of halogens is 1. The van der Waals surface area contributed by atoms with E-state index in [4.69, 9.17) is 21.1 Å². The lowest BCUT2D eigenvalue weighted by Crippen LogP contribution is -2.17. The molecule has 2 aromatic rings. The maximum Gasteiger partial charge on any atom is 0.337 e. The normalized spacial score (nSPS) is 10.7. The van der Waals surface area contributed by atoms with Gasteiger partial charge in [-0.15, -0.1) is 0 Å². The Morgan fingerprint density at radius 1 is 1.09 bits per heavy atom. The highest BCUT2D eigenvalue weighted by Crippen LogP contribution is 2.24. The number of rotatable bonds is 6. The zero-order chi connectivity index (χ0) is 16.8. The first-order chi connectivity index (χ1) is 11.0. The summed E-state index contributed by atoms with van der Waals surface area (Å²) in [5, 5.41) is 0.691. The van der Waals surface area contributed by atoms with Gasteiger partial charge in [-0.25, -0.2) is 4.79 Å². The van der Waals surface area contributed by atoms with Crippen LogP contribution < -0.4 is 4.74 Å². The van der Waals surface area contributed by atoms with Crippen molar-refractivity contribution in [1.82, 2.24) is 4.90 Å². The van der Waals surface area contributed by atoms with Crippen LogP contribution in [-0.2, 0) is 17.8 Å². The van der Waals surface area contributed by atoms with Gasteiger partial charge in [-0.05, 0) is 42.9 Å². The molecule has 0 bridgehead atoms. The molecule has 0 radical (unpaired) electrons. The molecular weight excluding hydrogens is 314 g/mol. The summed E-state index contributed by atoms with van der Waals surface area (Å²) in [6, 6.07) is 13.0. The Balaban J connectivity index is 2.03. The fourth-order valence-corrected chi connectivity index (χ4v) is 2.59. The van der Waals surface area contributed by atoms with E-state index >= 15 is 0 Å². The van der Waals surface area contributed by atoms with Crippen LogP contribution in [0, 0.1) is 0 Å². The molecular formula is C18H20ClNO3. The molecule has 0 spiro atoms. The van der Waals surface area contributed by atoms with Crippen molar-refractivity contribution in [3.8, 4) is 5.75 Å². The van der Waals surface area contributed by atoms with Crippen molar-refractivity contribution >= 4 is 17.6 Å². The molecule has 0 atom stereocenters. The van der Waals surface area contributed by atoms with E-state index in [9.17, 15) is 4.79 Å². The number of nitrogens with zero attached hydrogens (tertiary/aromatic N) is 1. The van der Waals surface area contributed by atoms with Gasteiger partial charge < -0.3 is 9.47 Å². The van der Waals surface area contributed by atoms with Crippen LogP contribution in [0.4, 0.5) is 0 Å². The lowest BCUT2D eigenvalue weighted by Gasteiger charge is -2.19. The van der Waals surface area contributed by atoms with Crippen molar-refractivity contribution in [3.05, 3.63) is 64.2 Å². The summed E-state index contributed by atoms with van der Waals surface area (Å²) in [7, 11) is 5.05. The lowest BCUT2D eigenvalue weighted by atomic mass is 10.1. The summed E-state index contributed by atoms with van der Waals surface area (Å²) in [5.41, 5.74) is 2.70. The first kappa shape index (κ1) is 17.3. The van der Waals surface area contributed by atoms with Crippen molar-refractivity contribution in [2.24, 2.45) is 0 Å². The Kier molecular flexibility index (Phi) is 6.02. The molecule has 0 aliphatic carbocycles. The van der Waals surface area contributed by atoms with Gasteiger partial charge in [-0.1, -0.05) is 23.7 Å². The van der Waals surface area contributed by atoms with E-state index in [2.05, 4.69) is 4.90 Å². The zero-order valence-corrected chi connectivity index (χ0v) is 14.3. The van der Waals surface area contributed by atoms with Crippen molar-refractivity contribution in [3.63, 3.8) is 0 Å². The summed E-state index contributed by atoms with van der Waals surface area (Å²) in [5.74, 6) is 0.496. The molecule has 5 heteroatoms. The fourth-order valence-electron chi connectivity index (χ4n) is 2.39. The Labute approximate surface area is 141 Å². The molecule has 2 aromatic carbocycles. The van der Waals surface area contributed by atoms with Gasteiger partial charge in [0.05, 0.1) is 19.8 Å². The van der Waals surface area contributed by atoms with Gasteiger partial charge in [0.2, 0.25) is 0 Å². The van der Waals surface area contributed by atoms with Crippen molar-refractivity contribution in [2.45, 2.75) is 13.1 Å². The number of esters is 1. The number of ether oxygens (including phenoxy) is 2. The minimum Gasteiger partial charge on any atom is -0.496 e. The van der Waals surface area contributed by atoms with Gasteiger partial charge in [-0.3, -0.25) is 4.90 Å². The van der Waals surface area contributed by atoms with E-state index < -0.39 is 0 Å². The highest BCUT2D eigenvalue weighted by molar-refractivity contribution is 6.30. The third-order valence-corrected chi connectivity index (χ3v) is 3.75. The SMILES string of the molecule is COC(=O)c1ccc(CN(C)Cc2cc(Cl)ccc2OC)cc1. The molecule has 0 unspecified atom stereocenters. The monoisotopic (exact) mass is 333 g/mol. The summed E-state index contributed by atoms with van der Waals surface area (Å²) in [6.07, 6.45) is 0. The molecule has 0 N–H and O–H groups in total. The van der Waals surface area contributed by atoms with Crippen molar-refractivity contribution < 1.29 is 14.3 Å². The molecule has 0 amide bonds. The van der Waals surface area contributed by atoms with Gasteiger partial charge in [0.25, 0.3) is 0 Å². The highest BCUT2D eigenvalue weighted by atomic mass is 35.5. The van der Waals surface area contributed by atoms with E-state index in [1.807, 2.05) is 37.4 Å². The molecule has 2 rings (SSSR count). The Hall–Kier alpha value is -2.04. The van der Waals surface area contributed by atoms with Crippen LogP contribution >= 0.6 is 11.6 Å². The van der Waals surface area contributed by atoms with E-state index in [0.29, 0.717) is 17.1 Å². The van der Waals surface area contributed by atoms with Gasteiger partial charge in [0.15, 0.2) is 0 Å². The quantitative estimate of drug-likeness (QED) is 0.754.